The second-order valence-corrected chi connectivity index (χ2v) is 6.25. The number of H-pyrrole nitrogens is 1. The topological polar surface area (TPSA) is 67.0 Å². The van der Waals surface area contributed by atoms with Crippen LogP contribution in [-0.4, -0.2) is 22.5 Å². The fourth-order valence-electron chi connectivity index (χ4n) is 2.93. The molecule has 0 fully saturated rings. The van der Waals surface area contributed by atoms with Gasteiger partial charge in [0.1, 0.15) is 11.6 Å². The molecule has 0 saturated heterocycles. The summed E-state index contributed by atoms with van der Waals surface area (Å²) in [6.07, 6.45) is 0. The van der Waals surface area contributed by atoms with Crippen molar-refractivity contribution >= 4 is 22.6 Å². The van der Waals surface area contributed by atoms with E-state index in [1.54, 1.807) is 0 Å². The molecule has 1 aromatic heterocycles. The average molecular weight is 357 g/mol. The largest absolute Gasteiger partial charge is 0.483 e. The van der Waals surface area contributed by atoms with Gasteiger partial charge in [0, 0.05) is 5.56 Å². The number of fused-ring (bicyclic) bond motifs is 1. The van der Waals surface area contributed by atoms with Crippen LogP contribution in [0, 0.1) is 6.92 Å². The first-order valence-corrected chi connectivity index (χ1v) is 8.73. The second-order valence-electron chi connectivity index (χ2n) is 6.25. The van der Waals surface area contributed by atoms with E-state index in [2.05, 4.69) is 15.3 Å². The van der Waals surface area contributed by atoms with Crippen molar-refractivity contribution in [1.29, 1.82) is 0 Å². The van der Waals surface area contributed by atoms with Crippen molar-refractivity contribution in [2.45, 2.75) is 6.92 Å². The van der Waals surface area contributed by atoms with Gasteiger partial charge >= 0.3 is 0 Å². The average Bonchev–Trinajstić information content (AvgIpc) is 3.12. The van der Waals surface area contributed by atoms with E-state index < -0.39 is 0 Å². The summed E-state index contributed by atoms with van der Waals surface area (Å²) in [6.45, 7) is 1.89. The lowest BCUT2D eigenvalue weighted by Crippen LogP contribution is -2.20. The van der Waals surface area contributed by atoms with Gasteiger partial charge in [0.25, 0.3) is 5.91 Å². The molecule has 1 heterocycles. The van der Waals surface area contributed by atoms with E-state index in [4.69, 9.17) is 4.74 Å². The summed E-state index contributed by atoms with van der Waals surface area (Å²) >= 11 is 0. The summed E-state index contributed by atoms with van der Waals surface area (Å²) in [5, 5.41) is 2.92. The first-order chi connectivity index (χ1) is 13.2. The van der Waals surface area contributed by atoms with Gasteiger partial charge in [0.05, 0.1) is 16.7 Å². The van der Waals surface area contributed by atoms with Gasteiger partial charge in [-0.1, -0.05) is 42.5 Å². The fourth-order valence-corrected chi connectivity index (χ4v) is 2.93. The van der Waals surface area contributed by atoms with Gasteiger partial charge in [0.15, 0.2) is 6.61 Å². The van der Waals surface area contributed by atoms with Crippen molar-refractivity contribution < 1.29 is 9.53 Å². The molecule has 0 atom stereocenters. The standard InChI is InChI=1S/C22H19N3O2/c1-15-8-2-7-13-20(15)27-14-21(26)23-17-10-4-3-9-16(17)22-24-18-11-5-6-12-19(18)25-22/h2-13H,14H2,1H3,(H,23,26)(H,24,25). The van der Waals surface area contributed by atoms with Gasteiger partial charge in [0.2, 0.25) is 0 Å². The predicted octanol–water partition coefficient (Wildman–Crippen LogP) is 4.56. The minimum atomic E-state index is -0.221. The van der Waals surface area contributed by atoms with Crippen LogP contribution in [0.2, 0.25) is 0 Å². The number of carbonyl (C=O) groups excluding carboxylic acids is 1. The molecule has 0 saturated carbocycles. The Morgan fingerprint density at radius 1 is 1.00 bits per heavy atom. The summed E-state index contributed by atoms with van der Waals surface area (Å²) in [5.74, 6) is 1.20. The van der Waals surface area contributed by atoms with E-state index in [-0.39, 0.29) is 12.5 Å². The minimum absolute atomic E-state index is 0.0562. The Labute approximate surface area is 157 Å². The van der Waals surface area contributed by atoms with Crippen molar-refractivity contribution in [2.75, 3.05) is 11.9 Å². The number of aromatic amines is 1. The zero-order valence-electron chi connectivity index (χ0n) is 14.9. The molecule has 5 nitrogen and oxygen atoms in total. The van der Waals surface area contributed by atoms with E-state index in [1.165, 1.54) is 0 Å². The molecule has 134 valence electrons. The number of imidazole rings is 1. The number of aryl methyl sites for hydroxylation is 1. The minimum Gasteiger partial charge on any atom is -0.483 e. The number of rotatable bonds is 5. The number of aromatic nitrogens is 2. The highest BCUT2D eigenvalue weighted by atomic mass is 16.5. The highest BCUT2D eigenvalue weighted by Crippen LogP contribution is 2.27. The lowest BCUT2D eigenvalue weighted by Gasteiger charge is -2.11. The molecular formula is C22H19N3O2. The van der Waals surface area contributed by atoms with Crippen LogP contribution in [0.4, 0.5) is 5.69 Å². The molecule has 0 aliphatic rings. The zero-order valence-corrected chi connectivity index (χ0v) is 14.9. The number of carbonyl (C=O) groups is 1. The quantitative estimate of drug-likeness (QED) is 0.550. The van der Waals surface area contributed by atoms with Crippen LogP contribution in [0.15, 0.2) is 72.8 Å². The summed E-state index contributed by atoms with van der Waals surface area (Å²) in [6, 6.07) is 23.0. The van der Waals surface area contributed by atoms with Gasteiger partial charge in [-0.25, -0.2) is 4.98 Å². The molecule has 3 aromatic carbocycles. The second kappa shape index (κ2) is 7.33. The normalized spacial score (nSPS) is 10.7. The summed E-state index contributed by atoms with van der Waals surface area (Å²) in [7, 11) is 0. The SMILES string of the molecule is Cc1ccccc1OCC(=O)Nc1ccccc1-c1nc2ccccc2[nH]1. The third-order valence-electron chi connectivity index (χ3n) is 4.30. The third kappa shape index (κ3) is 3.67. The van der Waals surface area contributed by atoms with E-state index in [0.717, 1.165) is 22.2 Å². The maximum atomic E-state index is 12.4. The third-order valence-corrected chi connectivity index (χ3v) is 4.30. The van der Waals surface area contributed by atoms with Crippen LogP contribution in [0.25, 0.3) is 22.4 Å². The zero-order chi connectivity index (χ0) is 18.6. The Hall–Kier alpha value is -3.60. The summed E-state index contributed by atoms with van der Waals surface area (Å²) < 4.78 is 5.63. The van der Waals surface area contributed by atoms with E-state index >= 15 is 0 Å². The highest BCUT2D eigenvalue weighted by Gasteiger charge is 2.12. The molecule has 4 rings (SSSR count). The Kier molecular flexibility index (Phi) is 4.58. The van der Waals surface area contributed by atoms with Crippen LogP contribution in [0.3, 0.4) is 0 Å². The van der Waals surface area contributed by atoms with Crippen LogP contribution >= 0.6 is 0 Å². The number of nitrogens with one attached hydrogen (secondary N) is 2. The molecule has 1 amide bonds. The lowest BCUT2D eigenvalue weighted by atomic mass is 10.1. The first-order valence-electron chi connectivity index (χ1n) is 8.73. The molecule has 0 aliphatic carbocycles. The van der Waals surface area contributed by atoms with Crippen molar-refractivity contribution in [1.82, 2.24) is 9.97 Å². The number of hydrogen-bond acceptors (Lipinski definition) is 3. The van der Waals surface area contributed by atoms with Crippen molar-refractivity contribution in [3.63, 3.8) is 0 Å². The Morgan fingerprint density at radius 2 is 1.74 bits per heavy atom. The summed E-state index contributed by atoms with van der Waals surface area (Å²) in [4.78, 5) is 20.3. The van der Waals surface area contributed by atoms with Crippen molar-refractivity contribution in [2.24, 2.45) is 0 Å². The number of para-hydroxylation sites is 4. The number of anilines is 1. The molecule has 0 bridgehead atoms. The molecule has 0 unspecified atom stereocenters. The molecule has 0 radical (unpaired) electrons. The first kappa shape index (κ1) is 16.8. The fraction of sp³-hybridized carbons (Fsp3) is 0.0909. The van der Waals surface area contributed by atoms with Gasteiger partial charge in [-0.2, -0.15) is 0 Å². The molecule has 0 aliphatic heterocycles. The number of amides is 1. The number of ether oxygens (including phenoxy) is 1. The van der Waals surface area contributed by atoms with Crippen LogP contribution in [0.5, 0.6) is 5.75 Å². The lowest BCUT2D eigenvalue weighted by molar-refractivity contribution is -0.118. The van der Waals surface area contributed by atoms with Crippen LogP contribution in [0.1, 0.15) is 5.56 Å². The Morgan fingerprint density at radius 3 is 2.59 bits per heavy atom. The van der Waals surface area contributed by atoms with E-state index in [0.29, 0.717) is 17.3 Å². The summed E-state index contributed by atoms with van der Waals surface area (Å²) in [5.41, 5.74) is 4.36. The van der Waals surface area contributed by atoms with E-state index in [1.807, 2.05) is 79.7 Å². The van der Waals surface area contributed by atoms with Gasteiger partial charge < -0.3 is 15.0 Å². The molecule has 5 heteroatoms. The molecule has 0 spiro atoms. The van der Waals surface area contributed by atoms with Crippen LogP contribution < -0.4 is 10.1 Å². The number of hydrogen-bond donors (Lipinski definition) is 2. The molecule has 4 aromatic rings. The van der Waals surface area contributed by atoms with Gasteiger partial charge in [-0.3, -0.25) is 4.79 Å². The van der Waals surface area contributed by atoms with Crippen molar-refractivity contribution in [3.05, 3.63) is 78.4 Å². The Bertz CT molecular complexity index is 1070. The predicted molar refractivity (Wildman–Crippen MR) is 107 cm³/mol. The maximum Gasteiger partial charge on any atom is 0.262 e. The van der Waals surface area contributed by atoms with Crippen LogP contribution in [-0.2, 0) is 4.79 Å². The smallest absolute Gasteiger partial charge is 0.262 e. The Balaban J connectivity index is 1.52. The molecule has 2 N–H and O–H groups in total. The van der Waals surface area contributed by atoms with Gasteiger partial charge in [-0.15, -0.1) is 0 Å². The maximum absolute atomic E-state index is 12.4. The monoisotopic (exact) mass is 357 g/mol. The number of nitrogens with zero attached hydrogens (tertiary/aromatic N) is 1. The molecule has 27 heavy (non-hydrogen) atoms. The number of benzene rings is 3. The van der Waals surface area contributed by atoms with E-state index in [9.17, 15) is 4.79 Å². The van der Waals surface area contributed by atoms with Gasteiger partial charge in [-0.05, 0) is 42.8 Å². The highest BCUT2D eigenvalue weighted by molar-refractivity contribution is 5.96. The molecular weight excluding hydrogens is 338 g/mol. The van der Waals surface area contributed by atoms with Crippen molar-refractivity contribution in [3.8, 4) is 17.1 Å².